The zero-order chi connectivity index (χ0) is 8.20. The fourth-order valence-electron chi connectivity index (χ4n) is 0.477. The van der Waals surface area contributed by atoms with E-state index in [4.69, 9.17) is 0 Å². The Balaban J connectivity index is 4.05. The van der Waals surface area contributed by atoms with Gasteiger partial charge in [-0.15, -0.1) is 0 Å². The van der Waals surface area contributed by atoms with Crippen molar-refractivity contribution in [2.24, 2.45) is 5.29 Å². The lowest BCUT2D eigenvalue weighted by atomic mass is 10.5. The number of nitroso groups, excluding NO2 is 1. The van der Waals surface area contributed by atoms with Gasteiger partial charge in [0.25, 0.3) is 0 Å². The summed E-state index contributed by atoms with van der Waals surface area (Å²) in [5.74, 6) is -1.26. The summed E-state index contributed by atoms with van der Waals surface area (Å²) >= 11 is 0. The topological polar surface area (TPSA) is 69.6 Å². The molecule has 1 unspecified atom stereocenters. The summed E-state index contributed by atoms with van der Waals surface area (Å²) in [5.41, 5.74) is 0. The molecule has 5 nitrogen and oxygen atoms in total. The summed E-state index contributed by atoms with van der Waals surface area (Å²) < 4.78 is -0.373. The Morgan fingerprint density at radius 1 is 1.70 bits per heavy atom. The van der Waals surface area contributed by atoms with Crippen LogP contribution in [-0.2, 0) is 4.79 Å². The summed E-state index contributed by atoms with van der Waals surface area (Å²) in [7, 11) is 1.43. The maximum absolute atomic E-state index is 10.0. The first-order valence-corrected chi connectivity index (χ1v) is 2.93. The summed E-state index contributed by atoms with van der Waals surface area (Å²) in [6, 6.07) is 0. The standard InChI is InChI=1S/C5H10N2O3/c1-3-7(2,6-10)4-5(8)9/h3-4H2,1-2H3. The molecule has 1 atom stereocenters. The van der Waals surface area contributed by atoms with Crippen LogP contribution in [0, 0.1) is 4.91 Å². The molecule has 0 aromatic carbocycles. The molecule has 58 valence electrons. The smallest absolute Gasteiger partial charge is 0.153 e. The van der Waals surface area contributed by atoms with Gasteiger partial charge >= 0.3 is 0 Å². The minimum Gasteiger partial charge on any atom is -0.544 e. The van der Waals surface area contributed by atoms with E-state index < -0.39 is 5.97 Å². The van der Waals surface area contributed by atoms with Crippen LogP contribution < -0.4 is 5.11 Å². The molecular formula is C5H10N2O3. The molecule has 0 amide bonds. The quantitative estimate of drug-likeness (QED) is 0.286. The van der Waals surface area contributed by atoms with Crippen LogP contribution in [0.2, 0.25) is 0 Å². The number of hydrogen-bond donors (Lipinski definition) is 0. The molecule has 10 heavy (non-hydrogen) atoms. The molecule has 5 heteroatoms. The largest absolute Gasteiger partial charge is 0.544 e. The number of carboxylic acid groups (broad SMARTS) is 1. The summed E-state index contributed by atoms with van der Waals surface area (Å²) in [5, 5.41) is 12.7. The van der Waals surface area contributed by atoms with Crippen LogP contribution in [0.1, 0.15) is 6.92 Å². The highest BCUT2D eigenvalue weighted by Crippen LogP contribution is 1.99. The Bertz CT molecular complexity index is 148. The van der Waals surface area contributed by atoms with Crippen LogP contribution in [0.5, 0.6) is 0 Å². The SMILES string of the molecule is CC[N+](C)(CC(=O)[O-])N=O. The lowest BCUT2D eigenvalue weighted by Gasteiger charge is -2.21. The van der Waals surface area contributed by atoms with Gasteiger partial charge in [0.05, 0.1) is 13.0 Å². The lowest BCUT2D eigenvalue weighted by molar-refractivity contribution is -0.910. The van der Waals surface area contributed by atoms with Crippen molar-refractivity contribution in [3.63, 3.8) is 0 Å². The van der Waals surface area contributed by atoms with Crippen molar-refractivity contribution in [3.8, 4) is 0 Å². The van der Waals surface area contributed by atoms with Gasteiger partial charge in [-0.3, -0.25) is 0 Å². The van der Waals surface area contributed by atoms with Gasteiger partial charge < -0.3 is 9.90 Å². The van der Waals surface area contributed by atoms with Crippen LogP contribution in [0.4, 0.5) is 0 Å². The number of carboxylic acids is 1. The Hall–Kier alpha value is -0.970. The van der Waals surface area contributed by atoms with Crippen molar-refractivity contribution in [1.29, 1.82) is 0 Å². The van der Waals surface area contributed by atoms with Crippen molar-refractivity contribution in [3.05, 3.63) is 4.91 Å². The zero-order valence-electron chi connectivity index (χ0n) is 6.03. The van der Waals surface area contributed by atoms with Crippen LogP contribution >= 0.6 is 0 Å². The molecule has 0 aliphatic rings. The Labute approximate surface area is 58.8 Å². The average molecular weight is 146 g/mol. The minimum absolute atomic E-state index is 0.359. The lowest BCUT2D eigenvalue weighted by Crippen LogP contribution is -2.46. The predicted molar refractivity (Wildman–Crippen MR) is 32.4 cm³/mol. The molecule has 0 rings (SSSR count). The first-order valence-electron chi connectivity index (χ1n) is 2.93. The Morgan fingerprint density at radius 2 is 2.20 bits per heavy atom. The molecule has 0 heterocycles. The van der Waals surface area contributed by atoms with Crippen molar-refractivity contribution in [1.82, 2.24) is 0 Å². The monoisotopic (exact) mass is 146 g/mol. The van der Waals surface area contributed by atoms with Gasteiger partial charge in [-0.1, -0.05) is 4.91 Å². The number of carbonyl (C=O) groups is 1. The number of rotatable bonds is 4. The number of carbonyl (C=O) groups excluding carboxylic acids is 1. The van der Waals surface area contributed by atoms with E-state index in [1.807, 2.05) is 0 Å². The van der Waals surface area contributed by atoms with Gasteiger partial charge in [0.2, 0.25) is 0 Å². The van der Waals surface area contributed by atoms with E-state index >= 15 is 0 Å². The molecule has 0 aliphatic carbocycles. The third-order valence-electron chi connectivity index (χ3n) is 1.35. The van der Waals surface area contributed by atoms with E-state index in [0.29, 0.717) is 6.54 Å². The second-order valence-electron chi connectivity index (χ2n) is 2.27. The molecular weight excluding hydrogens is 136 g/mol. The highest BCUT2D eigenvalue weighted by atomic mass is 16.4. The second-order valence-corrected chi connectivity index (χ2v) is 2.27. The number of nitrogens with zero attached hydrogens (tertiary/aromatic N) is 2. The maximum atomic E-state index is 10.0. The van der Waals surface area contributed by atoms with Crippen molar-refractivity contribution in [2.75, 3.05) is 20.1 Å². The normalized spacial score (nSPS) is 15.8. The average Bonchev–Trinajstić information content (AvgIpc) is 1.87. The first kappa shape index (κ1) is 9.03. The zero-order valence-corrected chi connectivity index (χ0v) is 6.03. The molecule has 0 radical (unpaired) electrons. The first-order chi connectivity index (χ1) is 4.54. The van der Waals surface area contributed by atoms with Gasteiger partial charge in [0.1, 0.15) is 13.1 Å². The molecule has 0 aliphatic heterocycles. The number of hydrogen-bond acceptors (Lipinski definition) is 4. The van der Waals surface area contributed by atoms with Gasteiger partial charge in [-0.25, -0.2) is 0 Å². The van der Waals surface area contributed by atoms with E-state index in [-0.39, 0.29) is 11.1 Å². The number of quaternary nitrogens is 1. The van der Waals surface area contributed by atoms with E-state index in [0.717, 1.165) is 0 Å². The van der Waals surface area contributed by atoms with Crippen LogP contribution in [-0.4, -0.2) is 30.7 Å². The van der Waals surface area contributed by atoms with Crippen molar-refractivity contribution >= 4 is 5.97 Å². The van der Waals surface area contributed by atoms with Gasteiger partial charge in [-0.05, 0) is 6.92 Å². The number of aliphatic carboxylic acids is 1. The van der Waals surface area contributed by atoms with E-state index in [9.17, 15) is 14.8 Å². The van der Waals surface area contributed by atoms with Gasteiger partial charge in [0.15, 0.2) is 5.29 Å². The second kappa shape index (κ2) is 3.26. The van der Waals surface area contributed by atoms with Crippen LogP contribution in [0.3, 0.4) is 0 Å². The molecule has 0 aromatic rings. The van der Waals surface area contributed by atoms with E-state index in [1.54, 1.807) is 6.92 Å². The summed E-state index contributed by atoms with van der Waals surface area (Å²) in [6.07, 6.45) is 0. The Kier molecular flexibility index (Phi) is 2.95. The van der Waals surface area contributed by atoms with E-state index in [2.05, 4.69) is 5.29 Å². The summed E-state index contributed by atoms with van der Waals surface area (Å²) in [6.45, 7) is 1.68. The minimum atomic E-state index is -1.26. The molecule has 0 N–H and O–H groups in total. The predicted octanol–water partition coefficient (Wildman–Crippen LogP) is -1.12. The Morgan fingerprint density at radius 3 is 2.30 bits per heavy atom. The van der Waals surface area contributed by atoms with Crippen molar-refractivity contribution < 1.29 is 14.5 Å². The third-order valence-corrected chi connectivity index (χ3v) is 1.35. The molecule has 0 saturated carbocycles. The van der Waals surface area contributed by atoms with Gasteiger partial charge in [-0.2, -0.15) is 4.59 Å². The molecule has 0 saturated heterocycles. The summed E-state index contributed by atoms with van der Waals surface area (Å²) in [4.78, 5) is 20.0. The van der Waals surface area contributed by atoms with Crippen molar-refractivity contribution in [2.45, 2.75) is 6.92 Å². The fraction of sp³-hybridized carbons (Fsp3) is 0.800. The molecule has 0 spiro atoms. The molecule has 0 aromatic heterocycles. The third kappa shape index (κ3) is 2.54. The molecule has 0 bridgehead atoms. The molecule has 0 fully saturated rings. The van der Waals surface area contributed by atoms with Crippen LogP contribution in [0.25, 0.3) is 0 Å². The van der Waals surface area contributed by atoms with Crippen LogP contribution in [0.15, 0.2) is 5.29 Å². The maximum Gasteiger partial charge on any atom is 0.153 e. The van der Waals surface area contributed by atoms with E-state index in [1.165, 1.54) is 7.05 Å². The highest BCUT2D eigenvalue weighted by Gasteiger charge is 2.20. The number of likely N-dealkylation sites (N-methyl/N-ethyl adjacent to an activating group) is 1. The van der Waals surface area contributed by atoms with Gasteiger partial charge in [0, 0.05) is 0 Å². The highest BCUT2D eigenvalue weighted by molar-refractivity contribution is 5.65. The fourth-order valence-corrected chi connectivity index (χ4v) is 0.477.